The molecule has 0 radical (unpaired) electrons. The van der Waals surface area contributed by atoms with Crippen LogP contribution in [0.2, 0.25) is 0 Å². The highest BCUT2D eigenvalue weighted by Crippen LogP contribution is 2.28. The Morgan fingerprint density at radius 1 is 1.29 bits per heavy atom. The smallest absolute Gasteiger partial charge is 0.165 e. The number of halogens is 1. The van der Waals surface area contributed by atoms with Gasteiger partial charge in [-0.2, -0.15) is 0 Å². The summed E-state index contributed by atoms with van der Waals surface area (Å²) in [6, 6.07) is 7.98. The molecule has 5 heteroatoms. The van der Waals surface area contributed by atoms with Crippen molar-refractivity contribution in [2.45, 2.75) is 25.5 Å². The van der Waals surface area contributed by atoms with Crippen molar-refractivity contribution in [1.29, 1.82) is 0 Å². The molecule has 1 aromatic heterocycles. The van der Waals surface area contributed by atoms with Crippen molar-refractivity contribution in [2.24, 2.45) is 0 Å². The van der Waals surface area contributed by atoms with E-state index in [2.05, 4.69) is 30.7 Å². The fourth-order valence-corrected chi connectivity index (χ4v) is 2.62. The number of aliphatic hydroxyl groups excluding tert-OH is 1. The molecule has 0 amide bonds. The molecule has 0 saturated carbocycles. The minimum atomic E-state index is -0.279. The summed E-state index contributed by atoms with van der Waals surface area (Å²) in [5.74, 6) is 1.74. The zero-order chi connectivity index (χ0) is 11.8. The molecule has 88 valence electrons. The summed E-state index contributed by atoms with van der Waals surface area (Å²) in [4.78, 5) is 0. The fourth-order valence-electron chi connectivity index (χ4n) is 2.15. The van der Waals surface area contributed by atoms with Crippen LogP contribution in [0.3, 0.4) is 0 Å². The van der Waals surface area contributed by atoms with Gasteiger partial charge in [-0.05, 0) is 12.5 Å². The number of rotatable bonds is 1. The molecule has 2 aromatic rings. The number of nitrogens with zero attached hydrogens (tertiary/aromatic N) is 3. The summed E-state index contributed by atoms with van der Waals surface area (Å²) in [7, 11) is 0. The molecule has 1 aliphatic rings. The van der Waals surface area contributed by atoms with Gasteiger partial charge in [-0.3, -0.25) is 0 Å². The highest BCUT2D eigenvalue weighted by Gasteiger charge is 2.22. The molecule has 0 bridgehead atoms. The maximum absolute atomic E-state index is 9.60. The molecule has 4 nitrogen and oxygen atoms in total. The van der Waals surface area contributed by atoms with E-state index >= 15 is 0 Å². The predicted molar refractivity (Wildman–Crippen MR) is 67.5 cm³/mol. The molecular formula is C12H12BrN3O. The number of aromatic nitrogens is 3. The molecule has 0 fully saturated rings. The van der Waals surface area contributed by atoms with Crippen LogP contribution in [0.15, 0.2) is 28.7 Å². The van der Waals surface area contributed by atoms with E-state index in [1.165, 1.54) is 0 Å². The van der Waals surface area contributed by atoms with E-state index in [1.807, 2.05) is 24.3 Å². The lowest BCUT2D eigenvalue weighted by molar-refractivity contribution is 0.142. The molecule has 1 aliphatic heterocycles. The lowest BCUT2D eigenvalue weighted by Crippen LogP contribution is -2.23. The van der Waals surface area contributed by atoms with Crippen molar-refractivity contribution in [2.75, 3.05) is 0 Å². The molecule has 0 saturated heterocycles. The summed E-state index contributed by atoms with van der Waals surface area (Å²) in [5, 5.41) is 18.0. The quantitative estimate of drug-likeness (QED) is 0.875. The van der Waals surface area contributed by atoms with Crippen LogP contribution >= 0.6 is 15.9 Å². The first-order valence-corrected chi connectivity index (χ1v) is 6.40. The number of hydrogen-bond acceptors (Lipinski definition) is 3. The van der Waals surface area contributed by atoms with E-state index in [4.69, 9.17) is 0 Å². The number of hydrogen-bond donors (Lipinski definition) is 1. The second-order valence-corrected chi connectivity index (χ2v) is 5.07. The fraction of sp³-hybridized carbons (Fsp3) is 0.333. The van der Waals surface area contributed by atoms with Crippen LogP contribution in [0.5, 0.6) is 0 Å². The average molecular weight is 294 g/mol. The van der Waals surface area contributed by atoms with Gasteiger partial charge in [0.1, 0.15) is 5.82 Å². The number of fused-ring (bicyclic) bond motifs is 1. The monoisotopic (exact) mass is 293 g/mol. The van der Waals surface area contributed by atoms with Gasteiger partial charge in [-0.25, -0.2) is 0 Å². The maximum Gasteiger partial charge on any atom is 0.165 e. The lowest BCUT2D eigenvalue weighted by atomic mass is 10.1. The van der Waals surface area contributed by atoms with Crippen molar-refractivity contribution in [3.8, 4) is 11.4 Å². The predicted octanol–water partition coefficient (Wildman–Crippen LogP) is 2.01. The highest BCUT2D eigenvalue weighted by atomic mass is 79.9. The Kier molecular flexibility index (Phi) is 2.72. The van der Waals surface area contributed by atoms with Gasteiger partial charge < -0.3 is 9.67 Å². The normalized spacial score (nSPS) is 19.1. The Morgan fingerprint density at radius 2 is 2.12 bits per heavy atom. The maximum atomic E-state index is 9.60. The molecule has 1 atom stereocenters. The summed E-state index contributed by atoms with van der Waals surface area (Å²) in [6.45, 7) is 0.778. The molecule has 1 unspecified atom stereocenters. The van der Waals surface area contributed by atoms with Gasteiger partial charge in [0.05, 0.1) is 6.10 Å². The first kappa shape index (κ1) is 10.9. The van der Waals surface area contributed by atoms with Gasteiger partial charge >= 0.3 is 0 Å². The highest BCUT2D eigenvalue weighted by molar-refractivity contribution is 9.10. The molecule has 2 heterocycles. The van der Waals surface area contributed by atoms with E-state index in [0.29, 0.717) is 6.42 Å². The van der Waals surface area contributed by atoms with Crippen LogP contribution in [-0.4, -0.2) is 26.0 Å². The first-order chi connectivity index (χ1) is 8.25. The SMILES string of the molecule is OC1CCn2c(nnc2-c2ccccc2Br)C1. The van der Waals surface area contributed by atoms with Crippen molar-refractivity contribution in [3.63, 3.8) is 0 Å². The second-order valence-electron chi connectivity index (χ2n) is 4.22. The lowest BCUT2D eigenvalue weighted by Gasteiger charge is -2.19. The molecule has 17 heavy (non-hydrogen) atoms. The summed E-state index contributed by atoms with van der Waals surface area (Å²) in [5.41, 5.74) is 1.04. The van der Waals surface area contributed by atoms with Crippen LogP contribution in [0.4, 0.5) is 0 Å². The van der Waals surface area contributed by atoms with E-state index in [9.17, 15) is 5.11 Å². The van der Waals surface area contributed by atoms with E-state index in [-0.39, 0.29) is 6.10 Å². The van der Waals surface area contributed by atoms with E-state index in [1.54, 1.807) is 0 Å². The molecular weight excluding hydrogens is 282 g/mol. The molecule has 1 N–H and O–H groups in total. The zero-order valence-electron chi connectivity index (χ0n) is 9.17. The third kappa shape index (κ3) is 1.89. The van der Waals surface area contributed by atoms with Crippen molar-refractivity contribution < 1.29 is 5.11 Å². The van der Waals surface area contributed by atoms with Crippen LogP contribution in [0, 0.1) is 0 Å². The third-order valence-corrected chi connectivity index (χ3v) is 3.74. The number of aliphatic hydroxyl groups is 1. The van der Waals surface area contributed by atoms with Gasteiger partial charge in [0, 0.05) is 23.0 Å². The van der Waals surface area contributed by atoms with Gasteiger partial charge in [0.25, 0.3) is 0 Å². The Morgan fingerprint density at radius 3 is 2.94 bits per heavy atom. The largest absolute Gasteiger partial charge is 0.393 e. The van der Waals surface area contributed by atoms with Crippen molar-refractivity contribution >= 4 is 15.9 Å². The summed E-state index contributed by atoms with van der Waals surface area (Å²) < 4.78 is 3.11. The van der Waals surface area contributed by atoms with Crippen molar-refractivity contribution in [1.82, 2.24) is 14.8 Å². The average Bonchev–Trinajstić information content (AvgIpc) is 2.72. The molecule has 0 spiro atoms. The molecule has 1 aromatic carbocycles. The Balaban J connectivity index is 2.09. The molecule has 3 rings (SSSR count). The zero-order valence-corrected chi connectivity index (χ0v) is 10.8. The first-order valence-electron chi connectivity index (χ1n) is 5.61. The van der Waals surface area contributed by atoms with Crippen LogP contribution in [0.25, 0.3) is 11.4 Å². The minimum Gasteiger partial charge on any atom is -0.393 e. The molecule has 0 aliphatic carbocycles. The van der Waals surface area contributed by atoms with E-state index in [0.717, 1.165) is 34.7 Å². The van der Waals surface area contributed by atoms with Gasteiger partial charge in [0.15, 0.2) is 5.82 Å². The Hall–Kier alpha value is -1.20. The topological polar surface area (TPSA) is 50.9 Å². The van der Waals surface area contributed by atoms with Gasteiger partial charge in [-0.1, -0.05) is 34.1 Å². The summed E-state index contributed by atoms with van der Waals surface area (Å²) in [6.07, 6.45) is 1.08. The van der Waals surface area contributed by atoms with E-state index < -0.39 is 0 Å². The van der Waals surface area contributed by atoms with Gasteiger partial charge in [0.2, 0.25) is 0 Å². The van der Waals surface area contributed by atoms with Crippen LogP contribution in [-0.2, 0) is 13.0 Å². The summed E-state index contributed by atoms with van der Waals surface area (Å²) >= 11 is 3.53. The second kappa shape index (κ2) is 4.23. The minimum absolute atomic E-state index is 0.279. The van der Waals surface area contributed by atoms with Crippen LogP contribution < -0.4 is 0 Å². The Bertz CT molecular complexity index is 552. The third-order valence-electron chi connectivity index (χ3n) is 3.05. The Labute approximate surface area is 107 Å². The van der Waals surface area contributed by atoms with Crippen LogP contribution in [0.1, 0.15) is 12.2 Å². The van der Waals surface area contributed by atoms with Crippen molar-refractivity contribution in [3.05, 3.63) is 34.6 Å². The van der Waals surface area contributed by atoms with Gasteiger partial charge in [-0.15, -0.1) is 10.2 Å². The standard InChI is InChI=1S/C12H12BrN3O/c13-10-4-2-1-3-9(10)12-15-14-11-7-8(17)5-6-16(11)12/h1-4,8,17H,5-7H2. The number of benzene rings is 1.